The molecular formula is C24H22ClF4N3O3. The van der Waals surface area contributed by atoms with Gasteiger partial charge in [0.2, 0.25) is 6.43 Å². The molecule has 1 aliphatic rings. The lowest BCUT2D eigenvalue weighted by molar-refractivity contribution is -0.136. The van der Waals surface area contributed by atoms with Crippen LogP contribution in [0.15, 0.2) is 71.6 Å². The van der Waals surface area contributed by atoms with E-state index in [9.17, 15) is 27.5 Å². The summed E-state index contributed by atoms with van der Waals surface area (Å²) >= 11 is 6.26. The van der Waals surface area contributed by atoms with E-state index in [2.05, 4.69) is 10.3 Å². The van der Waals surface area contributed by atoms with Gasteiger partial charge >= 0.3 is 5.97 Å². The highest BCUT2D eigenvalue weighted by Gasteiger charge is 2.23. The van der Waals surface area contributed by atoms with Crippen LogP contribution in [-0.2, 0) is 11.2 Å². The number of alkyl halides is 4. The van der Waals surface area contributed by atoms with Gasteiger partial charge in [-0.3, -0.25) is 9.18 Å². The molecule has 0 amide bonds. The SMILES string of the molecule is CC(F)F.CF.O=C(O)Cc1c(-c2ccccc2Cl)noc1-c1cnn(C2=CC=CC(F)C=C2)c1. The van der Waals surface area contributed by atoms with Gasteiger partial charge in [0.1, 0.15) is 11.9 Å². The Morgan fingerprint density at radius 3 is 2.60 bits per heavy atom. The van der Waals surface area contributed by atoms with Gasteiger partial charge in [0, 0.05) is 17.3 Å². The molecule has 0 spiro atoms. The smallest absolute Gasteiger partial charge is 0.308 e. The van der Waals surface area contributed by atoms with E-state index >= 15 is 0 Å². The second-order valence-electron chi connectivity index (χ2n) is 6.86. The summed E-state index contributed by atoms with van der Waals surface area (Å²) in [6, 6.07) is 7.01. The van der Waals surface area contributed by atoms with Gasteiger partial charge in [-0.25, -0.2) is 17.9 Å². The Morgan fingerprint density at radius 1 is 1.26 bits per heavy atom. The van der Waals surface area contributed by atoms with Gasteiger partial charge in [-0.2, -0.15) is 5.10 Å². The Bertz CT molecular complexity index is 1220. The van der Waals surface area contributed by atoms with Crippen molar-refractivity contribution in [1.29, 1.82) is 0 Å². The van der Waals surface area contributed by atoms with Crippen molar-refractivity contribution in [3.63, 3.8) is 0 Å². The second-order valence-corrected chi connectivity index (χ2v) is 7.27. The minimum Gasteiger partial charge on any atom is -0.481 e. The summed E-state index contributed by atoms with van der Waals surface area (Å²) in [6.45, 7) is 0.833. The van der Waals surface area contributed by atoms with Crippen molar-refractivity contribution in [2.75, 3.05) is 7.18 Å². The van der Waals surface area contributed by atoms with Crippen LogP contribution in [0.4, 0.5) is 17.6 Å². The number of hydrogen-bond acceptors (Lipinski definition) is 4. The fourth-order valence-electron chi connectivity index (χ4n) is 3.02. The van der Waals surface area contributed by atoms with Crippen molar-refractivity contribution in [2.24, 2.45) is 0 Å². The lowest BCUT2D eigenvalue weighted by Gasteiger charge is -2.03. The summed E-state index contributed by atoms with van der Waals surface area (Å²) in [5.74, 6) is -0.727. The summed E-state index contributed by atoms with van der Waals surface area (Å²) in [7, 11) is 0.500. The Morgan fingerprint density at radius 2 is 1.94 bits per heavy atom. The molecular weight excluding hydrogens is 490 g/mol. The molecule has 186 valence electrons. The Hall–Kier alpha value is -3.66. The molecule has 0 aliphatic heterocycles. The molecule has 0 fully saturated rings. The molecule has 1 unspecified atom stereocenters. The van der Waals surface area contributed by atoms with Gasteiger partial charge in [-0.1, -0.05) is 41.0 Å². The van der Waals surface area contributed by atoms with Crippen molar-refractivity contribution >= 4 is 23.3 Å². The fraction of sp³-hybridized carbons (Fsp3) is 0.208. The standard InChI is InChI=1S/C21H15ClFN3O3.C2H4F2.CH3F/c22-18-7-2-1-6-16(18)20-17(10-19(27)28)21(29-25-20)13-11-24-26(12-13)15-5-3-4-14(23)8-9-15;1-2(3)4;1-2/h1-9,11-12,14H,10H2,(H,27,28);2H,1H3;1H3. The van der Waals surface area contributed by atoms with Crippen LogP contribution < -0.4 is 0 Å². The van der Waals surface area contributed by atoms with Gasteiger partial charge in [-0.15, -0.1) is 0 Å². The van der Waals surface area contributed by atoms with Gasteiger partial charge in [-0.05, 0) is 37.3 Å². The molecule has 1 N–H and O–H groups in total. The molecule has 35 heavy (non-hydrogen) atoms. The maximum Gasteiger partial charge on any atom is 0.308 e. The molecule has 11 heteroatoms. The van der Waals surface area contributed by atoms with Gasteiger partial charge in [0.25, 0.3) is 0 Å². The van der Waals surface area contributed by atoms with E-state index in [1.165, 1.54) is 12.2 Å². The quantitative estimate of drug-likeness (QED) is 0.388. The lowest BCUT2D eigenvalue weighted by Crippen LogP contribution is -2.02. The van der Waals surface area contributed by atoms with E-state index in [0.29, 0.717) is 46.0 Å². The molecule has 0 bridgehead atoms. The molecule has 2 heterocycles. The highest BCUT2D eigenvalue weighted by molar-refractivity contribution is 6.33. The van der Waals surface area contributed by atoms with E-state index in [1.807, 2.05) is 0 Å². The fourth-order valence-corrected chi connectivity index (χ4v) is 3.25. The monoisotopic (exact) mass is 511 g/mol. The molecule has 0 radical (unpaired) electrons. The van der Waals surface area contributed by atoms with Gasteiger partial charge < -0.3 is 9.63 Å². The maximum absolute atomic E-state index is 13.4. The van der Waals surface area contributed by atoms with E-state index in [-0.39, 0.29) is 6.42 Å². The topological polar surface area (TPSA) is 81.2 Å². The average Bonchev–Trinajstić information content (AvgIpc) is 3.38. The number of carboxylic acid groups (broad SMARTS) is 1. The summed E-state index contributed by atoms with van der Waals surface area (Å²) in [5.41, 5.74) is 2.56. The molecule has 0 saturated heterocycles. The zero-order valence-electron chi connectivity index (χ0n) is 18.7. The number of halogens is 5. The summed E-state index contributed by atoms with van der Waals surface area (Å²) < 4.78 is 50.7. The van der Waals surface area contributed by atoms with E-state index in [0.717, 1.165) is 6.92 Å². The molecule has 2 aromatic heterocycles. The molecule has 0 saturated carbocycles. The van der Waals surface area contributed by atoms with Crippen LogP contribution in [0.3, 0.4) is 0 Å². The number of aliphatic carboxylic acids is 1. The van der Waals surface area contributed by atoms with Crippen LogP contribution in [0, 0.1) is 0 Å². The number of carboxylic acids is 1. The first-order valence-electron chi connectivity index (χ1n) is 10.1. The average molecular weight is 512 g/mol. The van der Waals surface area contributed by atoms with Crippen LogP contribution in [0.2, 0.25) is 5.02 Å². The number of benzene rings is 1. The summed E-state index contributed by atoms with van der Waals surface area (Å²) in [6.07, 6.45) is 7.38. The van der Waals surface area contributed by atoms with Crippen LogP contribution in [0.25, 0.3) is 28.3 Å². The first-order chi connectivity index (χ1) is 16.8. The van der Waals surface area contributed by atoms with Crippen LogP contribution in [0.5, 0.6) is 0 Å². The van der Waals surface area contributed by atoms with Gasteiger partial charge in [0.05, 0.1) is 36.1 Å². The Kier molecular flexibility index (Phi) is 10.5. The van der Waals surface area contributed by atoms with Crippen molar-refractivity contribution in [3.8, 4) is 22.6 Å². The zero-order chi connectivity index (χ0) is 26.0. The minimum absolute atomic E-state index is 0.292. The third kappa shape index (κ3) is 7.68. The predicted octanol–water partition coefficient (Wildman–Crippen LogP) is 6.65. The summed E-state index contributed by atoms with van der Waals surface area (Å²) in [4.78, 5) is 11.5. The molecule has 6 nitrogen and oxygen atoms in total. The third-order valence-electron chi connectivity index (χ3n) is 4.37. The maximum atomic E-state index is 13.4. The molecule has 1 aliphatic carbocycles. The number of carbonyl (C=O) groups is 1. The normalized spacial score (nSPS) is 14.4. The van der Waals surface area contributed by atoms with Gasteiger partial charge in [0.15, 0.2) is 5.76 Å². The number of nitrogens with zero attached hydrogens (tertiary/aromatic N) is 3. The largest absolute Gasteiger partial charge is 0.481 e. The van der Waals surface area contributed by atoms with E-state index < -0.39 is 18.6 Å². The van der Waals surface area contributed by atoms with Crippen molar-refractivity contribution in [2.45, 2.75) is 25.9 Å². The Balaban J connectivity index is 0.000000655. The number of allylic oxidation sites excluding steroid dienone is 6. The van der Waals surface area contributed by atoms with Crippen molar-refractivity contribution in [3.05, 3.63) is 77.6 Å². The minimum atomic E-state index is -2.17. The first-order valence-corrected chi connectivity index (χ1v) is 10.5. The van der Waals surface area contributed by atoms with Crippen molar-refractivity contribution < 1.29 is 32.0 Å². The molecule has 3 aromatic rings. The molecule has 1 atom stereocenters. The van der Waals surface area contributed by atoms with Crippen LogP contribution >= 0.6 is 11.6 Å². The van der Waals surface area contributed by atoms with Crippen LogP contribution in [-0.4, -0.2) is 45.8 Å². The number of aromatic nitrogens is 3. The van der Waals surface area contributed by atoms with Crippen molar-refractivity contribution in [1.82, 2.24) is 14.9 Å². The van der Waals surface area contributed by atoms with Crippen LogP contribution in [0.1, 0.15) is 12.5 Å². The third-order valence-corrected chi connectivity index (χ3v) is 4.70. The highest BCUT2D eigenvalue weighted by Crippen LogP contribution is 2.36. The molecule has 4 rings (SSSR count). The highest BCUT2D eigenvalue weighted by atomic mass is 35.5. The number of hydrogen-bond donors (Lipinski definition) is 1. The van der Waals surface area contributed by atoms with E-state index in [4.69, 9.17) is 16.1 Å². The van der Waals surface area contributed by atoms with E-state index in [1.54, 1.807) is 59.6 Å². The second kappa shape index (κ2) is 13.3. The number of rotatable bonds is 5. The molecule has 1 aromatic carbocycles. The lowest BCUT2D eigenvalue weighted by atomic mass is 10.0. The Labute approximate surface area is 203 Å². The predicted molar refractivity (Wildman–Crippen MR) is 126 cm³/mol. The first kappa shape index (κ1) is 27.6. The summed E-state index contributed by atoms with van der Waals surface area (Å²) in [5, 5.41) is 18.2. The zero-order valence-corrected chi connectivity index (χ0v) is 19.5.